The van der Waals surface area contributed by atoms with Crippen LogP contribution in [-0.4, -0.2) is 35.6 Å². The van der Waals surface area contributed by atoms with Crippen LogP contribution in [0.15, 0.2) is 0 Å². The van der Waals surface area contributed by atoms with E-state index in [-0.39, 0.29) is 18.0 Å². The third-order valence-electron chi connectivity index (χ3n) is 2.18. The van der Waals surface area contributed by atoms with Gasteiger partial charge in [-0.25, -0.2) is 9.78 Å². The van der Waals surface area contributed by atoms with Gasteiger partial charge < -0.3 is 15.4 Å². The summed E-state index contributed by atoms with van der Waals surface area (Å²) in [6.45, 7) is 9.71. The predicted molar refractivity (Wildman–Crippen MR) is 79.2 cm³/mol. The largest absolute Gasteiger partial charge is 0.461 e. The Morgan fingerprint density at radius 1 is 1.35 bits per heavy atom. The molecular weight excluding hydrogens is 278 g/mol. The van der Waals surface area contributed by atoms with Crippen molar-refractivity contribution >= 4 is 28.3 Å². The summed E-state index contributed by atoms with van der Waals surface area (Å²) in [6, 6.07) is 0. The molecule has 0 aliphatic rings. The predicted octanol–water partition coefficient (Wildman–Crippen LogP) is 1.95. The number of nitrogens with zero attached hydrogens (tertiary/aromatic N) is 1. The maximum Gasteiger partial charge on any atom is 0.358 e. The molecule has 0 saturated carbocycles. The van der Waals surface area contributed by atoms with Crippen LogP contribution >= 0.6 is 11.3 Å². The Balaban J connectivity index is 2.60. The van der Waals surface area contributed by atoms with Crippen LogP contribution in [0.2, 0.25) is 0 Å². The molecule has 0 bridgehead atoms. The van der Waals surface area contributed by atoms with E-state index in [1.807, 2.05) is 20.8 Å². The van der Waals surface area contributed by atoms with Crippen molar-refractivity contribution in [3.8, 4) is 0 Å². The highest BCUT2D eigenvalue weighted by Crippen LogP contribution is 2.22. The lowest BCUT2D eigenvalue weighted by atomic mass is 10.1. The summed E-state index contributed by atoms with van der Waals surface area (Å²) >= 11 is 1.33. The Hall–Kier alpha value is -1.63. The van der Waals surface area contributed by atoms with Gasteiger partial charge >= 0.3 is 5.97 Å². The number of nitrogens with one attached hydrogen (secondary N) is 2. The van der Waals surface area contributed by atoms with Gasteiger partial charge in [-0.2, -0.15) is 0 Å². The lowest BCUT2D eigenvalue weighted by Crippen LogP contribution is -2.43. The summed E-state index contributed by atoms with van der Waals surface area (Å²) in [6.07, 6.45) is 0. The summed E-state index contributed by atoms with van der Waals surface area (Å²) < 4.78 is 4.91. The van der Waals surface area contributed by atoms with Gasteiger partial charge in [0.15, 0.2) is 10.8 Å². The van der Waals surface area contributed by atoms with Gasteiger partial charge in [0, 0.05) is 10.4 Å². The number of carbonyl (C=O) groups is 2. The lowest BCUT2D eigenvalue weighted by Gasteiger charge is -2.20. The van der Waals surface area contributed by atoms with E-state index in [0.29, 0.717) is 17.4 Å². The molecule has 0 aliphatic heterocycles. The molecule has 0 atom stereocenters. The fraction of sp³-hybridized carbons (Fsp3) is 0.615. The molecule has 6 nitrogen and oxygen atoms in total. The number of thiazole rings is 1. The zero-order valence-corrected chi connectivity index (χ0v) is 13.3. The van der Waals surface area contributed by atoms with Crippen LogP contribution in [0.4, 0.5) is 5.13 Å². The molecular formula is C13H21N3O3S. The standard InChI is InChI=1S/C13H21N3O3S/c1-6-19-11(18)10-8(2)20-12(15-10)14-7-9(17)16-13(3,4)5/h6-7H2,1-5H3,(H,14,15)(H,16,17). The van der Waals surface area contributed by atoms with Gasteiger partial charge in [-0.3, -0.25) is 4.79 Å². The molecule has 112 valence electrons. The number of esters is 1. The van der Waals surface area contributed by atoms with Gasteiger partial charge in [-0.15, -0.1) is 11.3 Å². The maximum atomic E-state index is 11.7. The van der Waals surface area contributed by atoms with E-state index in [1.165, 1.54) is 11.3 Å². The molecule has 20 heavy (non-hydrogen) atoms. The summed E-state index contributed by atoms with van der Waals surface area (Å²) in [5, 5.41) is 6.29. The minimum Gasteiger partial charge on any atom is -0.461 e. The Labute approximate surface area is 122 Å². The van der Waals surface area contributed by atoms with E-state index in [0.717, 1.165) is 4.88 Å². The molecule has 0 saturated heterocycles. The van der Waals surface area contributed by atoms with Crippen molar-refractivity contribution in [2.45, 2.75) is 40.2 Å². The second kappa shape index (κ2) is 6.69. The van der Waals surface area contributed by atoms with E-state index >= 15 is 0 Å². The summed E-state index contributed by atoms with van der Waals surface area (Å²) in [7, 11) is 0. The highest BCUT2D eigenvalue weighted by molar-refractivity contribution is 7.15. The minimum absolute atomic E-state index is 0.118. The molecule has 7 heteroatoms. The number of hydrogen-bond donors (Lipinski definition) is 2. The van der Waals surface area contributed by atoms with Crippen LogP contribution in [0.25, 0.3) is 0 Å². The van der Waals surface area contributed by atoms with Crippen LogP contribution < -0.4 is 10.6 Å². The number of ether oxygens (including phenoxy) is 1. The number of hydrogen-bond acceptors (Lipinski definition) is 6. The Morgan fingerprint density at radius 2 is 2.00 bits per heavy atom. The summed E-state index contributed by atoms with van der Waals surface area (Å²) in [5.41, 5.74) is 0.0313. The summed E-state index contributed by atoms with van der Waals surface area (Å²) in [4.78, 5) is 28.2. The molecule has 2 N–H and O–H groups in total. The van der Waals surface area contributed by atoms with Crippen LogP contribution in [0.5, 0.6) is 0 Å². The Kier molecular flexibility index (Phi) is 5.50. The van der Waals surface area contributed by atoms with Gasteiger partial charge in [-0.1, -0.05) is 0 Å². The number of amides is 1. The fourth-order valence-corrected chi connectivity index (χ4v) is 2.28. The van der Waals surface area contributed by atoms with E-state index in [1.54, 1.807) is 13.8 Å². The van der Waals surface area contributed by atoms with Crippen molar-refractivity contribution in [1.29, 1.82) is 0 Å². The SMILES string of the molecule is CCOC(=O)c1nc(NCC(=O)NC(C)(C)C)sc1C. The Bertz CT molecular complexity index is 492. The van der Waals surface area contributed by atoms with Gasteiger partial charge in [0.05, 0.1) is 13.2 Å². The van der Waals surface area contributed by atoms with E-state index in [4.69, 9.17) is 4.74 Å². The average molecular weight is 299 g/mol. The van der Waals surface area contributed by atoms with Crippen LogP contribution in [0, 0.1) is 6.92 Å². The zero-order valence-electron chi connectivity index (χ0n) is 12.5. The first-order valence-electron chi connectivity index (χ1n) is 6.42. The van der Waals surface area contributed by atoms with Crippen molar-refractivity contribution in [1.82, 2.24) is 10.3 Å². The number of carbonyl (C=O) groups excluding carboxylic acids is 2. The van der Waals surface area contributed by atoms with Gasteiger partial charge in [-0.05, 0) is 34.6 Å². The lowest BCUT2D eigenvalue weighted by molar-refractivity contribution is -0.120. The minimum atomic E-state index is -0.437. The topological polar surface area (TPSA) is 80.3 Å². The van der Waals surface area contributed by atoms with Gasteiger partial charge in [0.2, 0.25) is 5.91 Å². The van der Waals surface area contributed by atoms with Gasteiger partial charge in [0.25, 0.3) is 0 Å². The Morgan fingerprint density at radius 3 is 2.55 bits per heavy atom. The molecule has 1 aromatic heterocycles. The van der Waals surface area contributed by atoms with E-state index in [9.17, 15) is 9.59 Å². The number of anilines is 1. The number of aryl methyl sites for hydroxylation is 1. The molecule has 0 radical (unpaired) electrons. The highest BCUT2D eigenvalue weighted by Gasteiger charge is 2.17. The molecule has 1 heterocycles. The molecule has 1 rings (SSSR count). The second-order valence-corrected chi connectivity index (χ2v) is 6.50. The molecule has 0 aliphatic carbocycles. The normalized spacial score (nSPS) is 11.1. The first kappa shape index (κ1) is 16.4. The summed E-state index contributed by atoms with van der Waals surface area (Å²) in [5.74, 6) is -0.559. The van der Waals surface area contributed by atoms with Crippen molar-refractivity contribution < 1.29 is 14.3 Å². The first-order valence-corrected chi connectivity index (χ1v) is 7.24. The first-order chi connectivity index (χ1) is 9.23. The highest BCUT2D eigenvalue weighted by atomic mass is 32.1. The third kappa shape index (κ3) is 5.16. The molecule has 1 aromatic rings. The monoisotopic (exact) mass is 299 g/mol. The molecule has 0 spiro atoms. The third-order valence-corrected chi connectivity index (χ3v) is 3.11. The van der Waals surface area contributed by atoms with Crippen molar-refractivity contribution in [3.05, 3.63) is 10.6 Å². The van der Waals surface area contributed by atoms with E-state index in [2.05, 4.69) is 15.6 Å². The average Bonchev–Trinajstić information content (AvgIpc) is 2.66. The van der Waals surface area contributed by atoms with Gasteiger partial charge in [0.1, 0.15) is 0 Å². The fourth-order valence-electron chi connectivity index (χ4n) is 1.48. The van der Waals surface area contributed by atoms with Crippen molar-refractivity contribution in [3.63, 3.8) is 0 Å². The van der Waals surface area contributed by atoms with Crippen molar-refractivity contribution in [2.24, 2.45) is 0 Å². The molecule has 0 fully saturated rings. The van der Waals surface area contributed by atoms with Crippen LogP contribution in [0.3, 0.4) is 0 Å². The van der Waals surface area contributed by atoms with E-state index < -0.39 is 5.97 Å². The maximum absolute atomic E-state index is 11.7. The second-order valence-electron chi connectivity index (χ2n) is 5.30. The van der Waals surface area contributed by atoms with Crippen molar-refractivity contribution in [2.75, 3.05) is 18.5 Å². The smallest absolute Gasteiger partial charge is 0.358 e. The van der Waals surface area contributed by atoms with Crippen LogP contribution in [0.1, 0.15) is 43.1 Å². The zero-order chi connectivity index (χ0) is 15.3. The molecule has 0 aromatic carbocycles. The number of aromatic nitrogens is 1. The quantitative estimate of drug-likeness (QED) is 0.812. The molecule has 0 unspecified atom stereocenters. The van der Waals surface area contributed by atoms with Crippen LogP contribution in [-0.2, 0) is 9.53 Å². The number of rotatable bonds is 5. The molecule has 1 amide bonds.